The number of carbonyl (C=O) groups is 1. The molecule has 0 aliphatic rings. The third kappa shape index (κ3) is 4.30. The van der Waals surface area contributed by atoms with Gasteiger partial charge >= 0.3 is 0 Å². The monoisotopic (exact) mass is 356 g/mol. The van der Waals surface area contributed by atoms with Crippen molar-refractivity contribution in [3.63, 3.8) is 0 Å². The summed E-state index contributed by atoms with van der Waals surface area (Å²) < 4.78 is 7.00. The summed E-state index contributed by atoms with van der Waals surface area (Å²) in [6, 6.07) is 8.10. The van der Waals surface area contributed by atoms with E-state index in [4.69, 9.17) is 4.52 Å². The van der Waals surface area contributed by atoms with Gasteiger partial charge in [-0.1, -0.05) is 29.1 Å². The Morgan fingerprint density at radius 2 is 2.12 bits per heavy atom. The quantitative estimate of drug-likeness (QED) is 0.687. The molecular formula is C18H20N4O2S. The molecule has 1 amide bonds. The summed E-state index contributed by atoms with van der Waals surface area (Å²) in [6.45, 7) is 6.31. The second kappa shape index (κ2) is 7.57. The van der Waals surface area contributed by atoms with Crippen LogP contribution in [0.4, 0.5) is 0 Å². The second-order valence-corrected chi connectivity index (χ2v) is 6.81. The van der Waals surface area contributed by atoms with Crippen LogP contribution < -0.4 is 5.32 Å². The standard InChI is InChI=1S/C18H20N4O2S/c1-12-4-5-13(2)16(8-12)22-7-6-19-18(22)25-11-17(23)20-10-15-9-14(3)24-21-15/h4-9H,10-11H2,1-3H3,(H,20,23). The number of hydrogen-bond acceptors (Lipinski definition) is 5. The van der Waals surface area contributed by atoms with Gasteiger partial charge in [-0.05, 0) is 38.0 Å². The summed E-state index contributed by atoms with van der Waals surface area (Å²) in [5.41, 5.74) is 4.15. The molecule has 1 N–H and O–H groups in total. The number of hydrogen-bond donors (Lipinski definition) is 1. The molecule has 7 heteroatoms. The van der Waals surface area contributed by atoms with Gasteiger partial charge in [0.1, 0.15) is 11.5 Å². The second-order valence-electron chi connectivity index (χ2n) is 5.86. The van der Waals surface area contributed by atoms with Gasteiger partial charge in [-0.25, -0.2) is 4.98 Å². The molecule has 0 atom stereocenters. The van der Waals surface area contributed by atoms with Crippen molar-refractivity contribution in [3.05, 3.63) is 59.2 Å². The molecule has 0 aliphatic carbocycles. The van der Waals surface area contributed by atoms with Crippen LogP contribution in [0.5, 0.6) is 0 Å². The minimum Gasteiger partial charge on any atom is -0.361 e. The molecule has 1 aromatic carbocycles. The number of aryl methyl sites for hydroxylation is 3. The highest BCUT2D eigenvalue weighted by Crippen LogP contribution is 2.23. The van der Waals surface area contributed by atoms with Gasteiger partial charge in [0, 0.05) is 18.5 Å². The van der Waals surface area contributed by atoms with Crippen LogP contribution in [-0.4, -0.2) is 26.4 Å². The first-order chi connectivity index (χ1) is 12.0. The van der Waals surface area contributed by atoms with Crippen LogP contribution in [-0.2, 0) is 11.3 Å². The molecule has 6 nitrogen and oxygen atoms in total. The van der Waals surface area contributed by atoms with Crippen molar-refractivity contribution in [2.45, 2.75) is 32.5 Å². The first-order valence-corrected chi connectivity index (χ1v) is 8.94. The number of aromatic nitrogens is 3. The Morgan fingerprint density at radius 3 is 2.88 bits per heavy atom. The van der Waals surface area contributed by atoms with Gasteiger partial charge in [-0.3, -0.25) is 9.36 Å². The molecule has 0 radical (unpaired) electrons. The van der Waals surface area contributed by atoms with Crippen LogP contribution in [0.25, 0.3) is 5.69 Å². The van der Waals surface area contributed by atoms with Gasteiger partial charge < -0.3 is 9.84 Å². The molecule has 0 unspecified atom stereocenters. The van der Waals surface area contributed by atoms with Crippen LogP contribution in [0.15, 0.2) is 46.3 Å². The Labute approximate surface area is 150 Å². The number of thioether (sulfide) groups is 1. The first kappa shape index (κ1) is 17.3. The fourth-order valence-electron chi connectivity index (χ4n) is 2.43. The zero-order chi connectivity index (χ0) is 17.8. The molecule has 0 fully saturated rings. The SMILES string of the molecule is Cc1ccc(C)c(-n2ccnc2SCC(=O)NCc2cc(C)on2)c1. The van der Waals surface area contributed by atoms with E-state index in [-0.39, 0.29) is 5.91 Å². The lowest BCUT2D eigenvalue weighted by Crippen LogP contribution is -2.24. The van der Waals surface area contributed by atoms with E-state index in [1.807, 2.05) is 17.7 Å². The number of rotatable bonds is 6. The molecule has 0 saturated heterocycles. The number of benzene rings is 1. The molecule has 130 valence electrons. The smallest absolute Gasteiger partial charge is 0.230 e. The summed E-state index contributed by atoms with van der Waals surface area (Å²) in [5.74, 6) is 0.953. The highest BCUT2D eigenvalue weighted by atomic mass is 32.2. The number of amides is 1. The molecule has 0 aliphatic heterocycles. The minimum atomic E-state index is -0.0684. The molecule has 3 aromatic rings. The first-order valence-electron chi connectivity index (χ1n) is 7.95. The van der Waals surface area contributed by atoms with Gasteiger partial charge in [-0.2, -0.15) is 0 Å². The largest absolute Gasteiger partial charge is 0.361 e. The number of nitrogens with one attached hydrogen (secondary N) is 1. The maximum absolute atomic E-state index is 12.1. The van der Waals surface area contributed by atoms with E-state index in [0.29, 0.717) is 18.0 Å². The summed E-state index contributed by atoms with van der Waals surface area (Å²) in [6.07, 6.45) is 3.67. The molecule has 0 saturated carbocycles. The van der Waals surface area contributed by atoms with E-state index < -0.39 is 0 Å². The fraction of sp³-hybridized carbons (Fsp3) is 0.278. The maximum Gasteiger partial charge on any atom is 0.230 e. The van der Waals surface area contributed by atoms with Crippen molar-refractivity contribution in [1.29, 1.82) is 0 Å². The predicted molar refractivity (Wildman–Crippen MR) is 96.8 cm³/mol. The van der Waals surface area contributed by atoms with Crippen molar-refractivity contribution in [2.75, 3.05) is 5.75 Å². The van der Waals surface area contributed by atoms with Crippen LogP contribution in [0.1, 0.15) is 22.6 Å². The van der Waals surface area contributed by atoms with E-state index in [1.54, 1.807) is 12.3 Å². The summed E-state index contributed by atoms with van der Waals surface area (Å²) in [7, 11) is 0. The molecular weight excluding hydrogens is 336 g/mol. The molecule has 25 heavy (non-hydrogen) atoms. The van der Waals surface area contributed by atoms with E-state index in [2.05, 4.69) is 47.5 Å². The Kier molecular flexibility index (Phi) is 5.23. The van der Waals surface area contributed by atoms with Crippen LogP contribution in [0.2, 0.25) is 0 Å². The highest BCUT2D eigenvalue weighted by molar-refractivity contribution is 7.99. The maximum atomic E-state index is 12.1. The Hall–Kier alpha value is -2.54. The zero-order valence-electron chi connectivity index (χ0n) is 14.4. The van der Waals surface area contributed by atoms with Gasteiger partial charge in [0.15, 0.2) is 5.16 Å². The third-order valence-electron chi connectivity index (χ3n) is 3.71. The molecule has 0 bridgehead atoms. The van der Waals surface area contributed by atoms with Crippen molar-refractivity contribution < 1.29 is 9.32 Å². The van der Waals surface area contributed by atoms with E-state index in [1.165, 1.54) is 17.3 Å². The summed E-state index contributed by atoms with van der Waals surface area (Å²) in [4.78, 5) is 16.4. The average Bonchev–Trinajstić information content (AvgIpc) is 3.22. The van der Waals surface area contributed by atoms with Gasteiger partial charge in [-0.15, -0.1) is 0 Å². The summed E-state index contributed by atoms with van der Waals surface area (Å²) in [5, 5.41) is 7.48. The van der Waals surface area contributed by atoms with E-state index >= 15 is 0 Å². The lowest BCUT2D eigenvalue weighted by molar-refractivity contribution is -0.118. The van der Waals surface area contributed by atoms with Crippen LogP contribution in [0.3, 0.4) is 0 Å². The Balaban J connectivity index is 1.61. The van der Waals surface area contributed by atoms with E-state index in [9.17, 15) is 4.79 Å². The lowest BCUT2D eigenvalue weighted by Gasteiger charge is -2.11. The highest BCUT2D eigenvalue weighted by Gasteiger charge is 2.11. The van der Waals surface area contributed by atoms with Crippen molar-refractivity contribution in [1.82, 2.24) is 20.0 Å². The van der Waals surface area contributed by atoms with E-state index in [0.717, 1.165) is 22.2 Å². The van der Waals surface area contributed by atoms with Crippen LogP contribution in [0, 0.1) is 20.8 Å². The molecule has 3 rings (SSSR count). The summed E-state index contributed by atoms with van der Waals surface area (Å²) >= 11 is 1.41. The normalized spacial score (nSPS) is 10.8. The van der Waals surface area contributed by atoms with Gasteiger partial charge in [0.2, 0.25) is 5.91 Å². The minimum absolute atomic E-state index is 0.0684. The van der Waals surface area contributed by atoms with Crippen molar-refractivity contribution >= 4 is 17.7 Å². The zero-order valence-corrected chi connectivity index (χ0v) is 15.3. The van der Waals surface area contributed by atoms with Crippen molar-refractivity contribution in [2.24, 2.45) is 0 Å². The Morgan fingerprint density at radius 1 is 1.28 bits per heavy atom. The Bertz CT molecular complexity index is 885. The van der Waals surface area contributed by atoms with Crippen LogP contribution >= 0.6 is 11.8 Å². The fourth-order valence-corrected chi connectivity index (χ4v) is 3.23. The predicted octanol–water partition coefficient (Wildman–Crippen LogP) is 3.19. The molecule has 0 spiro atoms. The average molecular weight is 356 g/mol. The number of imidazole rings is 1. The van der Waals surface area contributed by atoms with Gasteiger partial charge in [0.25, 0.3) is 0 Å². The van der Waals surface area contributed by atoms with Gasteiger partial charge in [0.05, 0.1) is 18.0 Å². The number of carbonyl (C=O) groups excluding carboxylic acids is 1. The number of nitrogens with zero attached hydrogens (tertiary/aromatic N) is 3. The lowest BCUT2D eigenvalue weighted by atomic mass is 10.1. The third-order valence-corrected chi connectivity index (χ3v) is 4.67. The van der Waals surface area contributed by atoms with Crippen molar-refractivity contribution in [3.8, 4) is 5.69 Å². The topological polar surface area (TPSA) is 73.0 Å². The molecule has 2 heterocycles. The molecule has 2 aromatic heterocycles.